The molecule has 1 aliphatic rings. The SMILES string of the molecule is Cc1cc(Cl)cc(C2CCC(=O)NC2=O)c1F. The molecule has 1 heterocycles. The molecule has 1 aromatic rings. The lowest BCUT2D eigenvalue weighted by molar-refractivity contribution is -0.134. The molecule has 5 heteroatoms. The number of carbonyl (C=O) groups is 2. The van der Waals surface area contributed by atoms with Crippen LogP contribution >= 0.6 is 11.6 Å². The van der Waals surface area contributed by atoms with Gasteiger partial charge in [0.25, 0.3) is 0 Å². The Labute approximate surface area is 103 Å². The van der Waals surface area contributed by atoms with Crippen molar-refractivity contribution in [3.63, 3.8) is 0 Å². The first-order chi connectivity index (χ1) is 7.99. The average molecular weight is 256 g/mol. The summed E-state index contributed by atoms with van der Waals surface area (Å²) < 4.78 is 13.9. The Kier molecular flexibility index (Phi) is 3.15. The second-order valence-corrected chi connectivity index (χ2v) is 4.57. The molecule has 1 fully saturated rings. The van der Waals surface area contributed by atoms with Crippen LogP contribution in [0.3, 0.4) is 0 Å². The maximum Gasteiger partial charge on any atom is 0.234 e. The van der Waals surface area contributed by atoms with Crippen LogP contribution in [-0.2, 0) is 9.59 Å². The van der Waals surface area contributed by atoms with E-state index in [9.17, 15) is 14.0 Å². The predicted octanol–water partition coefficient (Wildman–Crippen LogP) is 2.31. The Morgan fingerprint density at radius 3 is 2.76 bits per heavy atom. The largest absolute Gasteiger partial charge is 0.296 e. The quantitative estimate of drug-likeness (QED) is 0.783. The molecule has 1 aliphatic heterocycles. The van der Waals surface area contributed by atoms with Crippen molar-refractivity contribution in [3.8, 4) is 0 Å². The number of amides is 2. The molecule has 2 amide bonds. The highest BCUT2D eigenvalue weighted by molar-refractivity contribution is 6.30. The van der Waals surface area contributed by atoms with Gasteiger partial charge in [-0.1, -0.05) is 11.6 Å². The van der Waals surface area contributed by atoms with Crippen molar-refractivity contribution in [3.05, 3.63) is 34.1 Å². The molecule has 17 heavy (non-hydrogen) atoms. The van der Waals surface area contributed by atoms with E-state index in [0.29, 0.717) is 17.0 Å². The lowest BCUT2D eigenvalue weighted by atomic mass is 9.89. The van der Waals surface area contributed by atoms with E-state index >= 15 is 0 Å². The van der Waals surface area contributed by atoms with Gasteiger partial charge in [0.1, 0.15) is 5.82 Å². The zero-order chi connectivity index (χ0) is 12.6. The smallest absolute Gasteiger partial charge is 0.234 e. The first-order valence-electron chi connectivity index (χ1n) is 5.28. The van der Waals surface area contributed by atoms with Gasteiger partial charge in [-0.05, 0) is 31.0 Å². The summed E-state index contributed by atoms with van der Waals surface area (Å²) in [5, 5.41) is 2.60. The Morgan fingerprint density at radius 1 is 1.41 bits per heavy atom. The average Bonchev–Trinajstić information content (AvgIpc) is 2.24. The van der Waals surface area contributed by atoms with E-state index in [1.54, 1.807) is 6.92 Å². The second-order valence-electron chi connectivity index (χ2n) is 4.13. The molecule has 0 aliphatic carbocycles. The van der Waals surface area contributed by atoms with Crippen LogP contribution in [0.5, 0.6) is 0 Å². The lowest BCUT2D eigenvalue weighted by Crippen LogP contribution is -2.39. The molecule has 1 saturated heterocycles. The fourth-order valence-corrected chi connectivity index (χ4v) is 2.28. The molecule has 0 radical (unpaired) electrons. The molecule has 0 spiro atoms. The predicted molar refractivity (Wildman–Crippen MR) is 61.3 cm³/mol. The molecule has 3 nitrogen and oxygen atoms in total. The van der Waals surface area contributed by atoms with E-state index < -0.39 is 17.6 Å². The number of piperidine rings is 1. The third-order valence-corrected chi connectivity index (χ3v) is 3.08. The molecule has 1 atom stereocenters. The van der Waals surface area contributed by atoms with Crippen LogP contribution in [0.25, 0.3) is 0 Å². The van der Waals surface area contributed by atoms with E-state index in [2.05, 4.69) is 5.32 Å². The third kappa shape index (κ3) is 2.31. The van der Waals surface area contributed by atoms with Crippen molar-refractivity contribution in [2.45, 2.75) is 25.7 Å². The molecule has 0 saturated carbocycles. The van der Waals surface area contributed by atoms with Crippen molar-refractivity contribution in [2.24, 2.45) is 0 Å². The van der Waals surface area contributed by atoms with Gasteiger partial charge < -0.3 is 0 Å². The van der Waals surface area contributed by atoms with Gasteiger partial charge >= 0.3 is 0 Å². The minimum absolute atomic E-state index is 0.224. The van der Waals surface area contributed by atoms with Crippen LogP contribution in [0, 0.1) is 12.7 Å². The van der Waals surface area contributed by atoms with Crippen molar-refractivity contribution < 1.29 is 14.0 Å². The monoisotopic (exact) mass is 255 g/mol. The van der Waals surface area contributed by atoms with E-state index in [1.807, 2.05) is 0 Å². The summed E-state index contributed by atoms with van der Waals surface area (Å²) in [6, 6.07) is 2.95. The minimum Gasteiger partial charge on any atom is -0.296 e. The first kappa shape index (κ1) is 12.0. The molecular formula is C12H11ClFNO2. The van der Waals surface area contributed by atoms with Gasteiger partial charge in [-0.15, -0.1) is 0 Å². The normalized spacial score (nSPS) is 20.3. The summed E-state index contributed by atoms with van der Waals surface area (Å²) in [4.78, 5) is 22.7. The van der Waals surface area contributed by atoms with Crippen LogP contribution in [0.15, 0.2) is 12.1 Å². The highest BCUT2D eigenvalue weighted by atomic mass is 35.5. The van der Waals surface area contributed by atoms with Gasteiger partial charge in [-0.3, -0.25) is 14.9 Å². The second kappa shape index (κ2) is 4.45. The maximum absolute atomic E-state index is 13.9. The van der Waals surface area contributed by atoms with Crippen molar-refractivity contribution in [1.82, 2.24) is 5.32 Å². The maximum atomic E-state index is 13.9. The molecular weight excluding hydrogens is 245 g/mol. The molecule has 0 aromatic heterocycles. The van der Waals surface area contributed by atoms with Gasteiger partial charge in [0.2, 0.25) is 11.8 Å². The van der Waals surface area contributed by atoms with Crippen LogP contribution in [0.2, 0.25) is 5.02 Å². The van der Waals surface area contributed by atoms with Crippen LogP contribution in [0.4, 0.5) is 4.39 Å². The van der Waals surface area contributed by atoms with Crippen LogP contribution in [0.1, 0.15) is 29.9 Å². The lowest BCUT2D eigenvalue weighted by Gasteiger charge is -2.22. The number of nitrogens with one attached hydrogen (secondary N) is 1. The summed E-state index contributed by atoms with van der Waals surface area (Å²) in [6.07, 6.45) is 0.544. The van der Waals surface area contributed by atoms with Crippen molar-refractivity contribution in [1.29, 1.82) is 0 Å². The molecule has 1 aromatic carbocycles. The zero-order valence-electron chi connectivity index (χ0n) is 9.22. The van der Waals surface area contributed by atoms with Crippen LogP contribution in [-0.4, -0.2) is 11.8 Å². The number of hydrogen-bond donors (Lipinski definition) is 1. The molecule has 2 rings (SSSR count). The Morgan fingerprint density at radius 2 is 2.12 bits per heavy atom. The highest BCUT2D eigenvalue weighted by Gasteiger charge is 2.30. The Hall–Kier alpha value is -1.42. The van der Waals surface area contributed by atoms with Gasteiger partial charge in [-0.2, -0.15) is 0 Å². The Bertz CT molecular complexity index is 502. The number of benzene rings is 1. The summed E-state index contributed by atoms with van der Waals surface area (Å²) in [5.41, 5.74) is 0.664. The number of imide groups is 1. The van der Waals surface area contributed by atoms with E-state index in [-0.39, 0.29) is 17.9 Å². The Balaban J connectivity index is 2.40. The van der Waals surface area contributed by atoms with Gasteiger partial charge in [0.05, 0.1) is 5.92 Å². The zero-order valence-corrected chi connectivity index (χ0v) is 9.97. The summed E-state index contributed by atoms with van der Waals surface area (Å²) in [5.74, 6) is -1.83. The van der Waals surface area contributed by atoms with E-state index in [1.165, 1.54) is 12.1 Å². The fraction of sp³-hybridized carbons (Fsp3) is 0.333. The third-order valence-electron chi connectivity index (χ3n) is 2.86. The first-order valence-corrected chi connectivity index (χ1v) is 5.66. The fourth-order valence-electron chi connectivity index (χ4n) is 2.00. The van der Waals surface area contributed by atoms with Gasteiger partial charge in [-0.25, -0.2) is 4.39 Å². The topological polar surface area (TPSA) is 46.2 Å². The highest BCUT2D eigenvalue weighted by Crippen LogP contribution is 2.30. The molecule has 1 unspecified atom stereocenters. The van der Waals surface area contributed by atoms with E-state index in [0.717, 1.165) is 0 Å². The number of halogens is 2. The molecule has 0 bridgehead atoms. The summed E-state index contributed by atoms with van der Waals surface area (Å²) in [6.45, 7) is 1.59. The summed E-state index contributed by atoms with van der Waals surface area (Å²) >= 11 is 5.85. The summed E-state index contributed by atoms with van der Waals surface area (Å²) in [7, 11) is 0. The number of aryl methyl sites for hydroxylation is 1. The molecule has 90 valence electrons. The number of rotatable bonds is 1. The number of carbonyl (C=O) groups excluding carboxylic acids is 2. The van der Waals surface area contributed by atoms with Crippen molar-refractivity contribution >= 4 is 23.4 Å². The van der Waals surface area contributed by atoms with E-state index in [4.69, 9.17) is 11.6 Å². The van der Waals surface area contributed by atoms with Crippen LogP contribution < -0.4 is 5.32 Å². The molecule has 1 N–H and O–H groups in total. The van der Waals surface area contributed by atoms with Gasteiger partial charge in [0.15, 0.2) is 0 Å². The standard InChI is InChI=1S/C12H11ClFNO2/c1-6-4-7(13)5-9(11(6)14)8-2-3-10(16)15-12(8)17/h4-5,8H,2-3H2,1H3,(H,15,16,17). The van der Waals surface area contributed by atoms with Gasteiger partial charge in [0, 0.05) is 17.0 Å². The minimum atomic E-state index is -0.634. The number of hydrogen-bond acceptors (Lipinski definition) is 2. The van der Waals surface area contributed by atoms with Crippen molar-refractivity contribution in [2.75, 3.05) is 0 Å².